The van der Waals surface area contributed by atoms with E-state index < -0.39 is 116 Å². The normalized spacial score (nSPS) is 37.4. The van der Waals surface area contributed by atoms with Gasteiger partial charge in [-0.3, -0.25) is 0 Å². The molecule has 280 valence electrons. The van der Waals surface area contributed by atoms with Crippen LogP contribution in [0.15, 0.2) is 40.8 Å². The number of fused-ring (bicyclic) bond motifs is 1. The van der Waals surface area contributed by atoms with Gasteiger partial charge >= 0.3 is 11.3 Å². The molecule has 0 amide bonds. The maximum absolute atomic E-state index is 11.4. The Balaban J connectivity index is 1.36. The van der Waals surface area contributed by atoms with Gasteiger partial charge in [-0.25, -0.2) is 4.42 Å². The number of benzene rings is 2. The summed E-state index contributed by atoms with van der Waals surface area (Å²) in [6, 6.07) is 7.04. The van der Waals surface area contributed by atoms with E-state index in [1.165, 1.54) is 25.1 Å². The standard InChI is InChI=1S/C32H38O19/c1-10-21(38)24(41)27(44)30(47-10)46-9-20-23(40)25(42)29(51-31-26(43)22(39)17(37)8-45-31)32(50-20)49-19-7-13-15(35)5-12(33)6-18(13)48-28(19)11-2-3-14(34)16(36)4-11/h2-7,10,17,20-27,29-32,37-44H,8-9H2,1H3,(H3-,33,34,35,36)/p+1/t10-,17+,20+,21-,22-,23+,24+,25-,26+,27+,29+,30+,31-,32+/m0/s1. The molecule has 1 aromatic heterocycles. The molecule has 6 rings (SSSR count). The van der Waals surface area contributed by atoms with Crippen molar-refractivity contribution >= 4 is 11.0 Å². The molecule has 3 saturated heterocycles. The molecule has 4 heterocycles. The number of aromatic hydroxyl groups is 4. The molecule has 3 aliphatic heterocycles. The first-order chi connectivity index (χ1) is 24.1. The number of aliphatic hydroxyl groups is 8. The zero-order valence-electron chi connectivity index (χ0n) is 26.7. The van der Waals surface area contributed by atoms with Crippen LogP contribution >= 0.6 is 0 Å². The lowest BCUT2D eigenvalue weighted by atomic mass is 9.98. The van der Waals surface area contributed by atoms with Crippen LogP contribution in [-0.4, -0.2) is 161 Å². The lowest BCUT2D eigenvalue weighted by Crippen LogP contribution is -2.64. The molecule has 0 radical (unpaired) electrons. The molecule has 19 heteroatoms. The molecule has 0 bridgehead atoms. The third-order valence-corrected chi connectivity index (χ3v) is 8.92. The Hall–Kier alpha value is -3.67. The average Bonchev–Trinajstić information content (AvgIpc) is 3.09. The number of phenolic OH excluding ortho intramolecular Hbond substituents is 4. The zero-order chi connectivity index (χ0) is 36.9. The first kappa shape index (κ1) is 37.1. The molecular weight excluding hydrogens is 688 g/mol. The van der Waals surface area contributed by atoms with E-state index in [0.29, 0.717) is 0 Å². The van der Waals surface area contributed by atoms with Gasteiger partial charge in [0.15, 0.2) is 30.2 Å². The van der Waals surface area contributed by atoms with Crippen molar-refractivity contribution in [3.8, 4) is 40.1 Å². The molecule has 12 N–H and O–H groups in total. The summed E-state index contributed by atoms with van der Waals surface area (Å²) in [4.78, 5) is 0. The number of rotatable bonds is 8. The van der Waals surface area contributed by atoms with Gasteiger partial charge < -0.3 is 89.7 Å². The highest BCUT2D eigenvalue weighted by atomic mass is 16.8. The molecule has 3 fully saturated rings. The smallest absolute Gasteiger partial charge is 0.402 e. The van der Waals surface area contributed by atoms with Gasteiger partial charge in [-0.1, -0.05) is 0 Å². The van der Waals surface area contributed by atoms with Crippen molar-refractivity contribution in [2.75, 3.05) is 13.2 Å². The van der Waals surface area contributed by atoms with E-state index in [0.717, 1.165) is 18.2 Å². The monoisotopic (exact) mass is 727 g/mol. The average molecular weight is 728 g/mol. The molecular formula is C32H39O19+. The lowest BCUT2D eigenvalue weighted by molar-refractivity contribution is -0.352. The largest absolute Gasteiger partial charge is 0.507 e. The van der Waals surface area contributed by atoms with Crippen molar-refractivity contribution in [1.82, 2.24) is 0 Å². The van der Waals surface area contributed by atoms with Crippen molar-refractivity contribution in [1.29, 1.82) is 0 Å². The predicted molar refractivity (Wildman–Crippen MR) is 165 cm³/mol. The van der Waals surface area contributed by atoms with Gasteiger partial charge in [0, 0.05) is 18.2 Å². The Bertz CT molecular complexity index is 1690. The second kappa shape index (κ2) is 14.8. The maximum atomic E-state index is 11.4. The van der Waals surface area contributed by atoms with Crippen molar-refractivity contribution < 1.29 is 94.1 Å². The van der Waals surface area contributed by atoms with Gasteiger partial charge in [-0.15, -0.1) is 0 Å². The molecule has 3 aliphatic rings. The maximum Gasteiger partial charge on any atom is 0.402 e. The number of aliphatic hydroxyl groups excluding tert-OH is 8. The van der Waals surface area contributed by atoms with Crippen molar-refractivity contribution in [2.24, 2.45) is 0 Å². The first-order valence-electron chi connectivity index (χ1n) is 15.8. The Morgan fingerprint density at radius 2 is 1.43 bits per heavy atom. The minimum absolute atomic E-state index is 0.00439. The van der Waals surface area contributed by atoms with Gasteiger partial charge in [0.25, 0.3) is 0 Å². The van der Waals surface area contributed by atoms with Crippen LogP contribution in [0.5, 0.6) is 28.7 Å². The fraction of sp³-hybridized carbons (Fsp3) is 0.531. The molecule has 0 saturated carbocycles. The van der Waals surface area contributed by atoms with E-state index in [4.69, 9.17) is 32.8 Å². The van der Waals surface area contributed by atoms with Crippen LogP contribution in [0.3, 0.4) is 0 Å². The lowest BCUT2D eigenvalue weighted by Gasteiger charge is -2.45. The SMILES string of the molecule is C[C@@H]1O[C@@H](OC[C@H]2O[C@@H](Oc3cc4c(O)cc(O)cc4[o+]c3-c3ccc(O)c(O)c3)[C@H](O[C@@H]3OC[C@@H](O)[C@H](O)[C@H]3O)[C@@H](O)[C@@H]2O)[C@H](O)[C@H](O)[C@H]1O. The molecule has 14 atom stereocenters. The Labute approximate surface area is 287 Å². The van der Waals surface area contributed by atoms with Gasteiger partial charge in [0.05, 0.1) is 30.9 Å². The number of hydrogen-bond donors (Lipinski definition) is 12. The third-order valence-electron chi connectivity index (χ3n) is 8.92. The van der Waals surface area contributed by atoms with E-state index >= 15 is 0 Å². The zero-order valence-corrected chi connectivity index (χ0v) is 26.7. The van der Waals surface area contributed by atoms with Crippen LogP contribution in [0.25, 0.3) is 22.3 Å². The minimum Gasteiger partial charge on any atom is -0.507 e. The molecule has 0 unspecified atom stereocenters. The second-order valence-corrected chi connectivity index (χ2v) is 12.5. The van der Waals surface area contributed by atoms with Crippen LogP contribution in [0.2, 0.25) is 0 Å². The van der Waals surface area contributed by atoms with Crippen LogP contribution < -0.4 is 4.74 Å². The Morgan fingerprint density at radius 3 is 2.16 bits per heavy atom. The summed E-state index contributed by atoms with van der Waals surface area (Å²) in [6.07, 6.45) is -22.8. The highest BCUT2D eigenvalue weighted by molar-refractivity contribution is 5.88. The van der Waals surface area contributed by atoms with Gasteiger partial charge in [0.2, 0.25) is 12.0 Å². The first-order valence-corrected chi connectivity index (χ1v) is 15.8. The van der Waals surface area contributed by atoms with E-state index in [2.05, 4.69) is 0 Å². The topological polar surface area (TPSA) is 309 Å². The minimum atomic E-state index is -1.93. The van der Waals surface area contributed by atoms with Crippen LogP contribution in [0, 0.1) is 0 Å². The molecule has 3 aromatic rings. The van der Waals surface area contributed by atoms with Crippen LogP contribution in [0.1, 0.15) is 6.92 Å². The molecule has 0 spiro atoms. The summed E-state index contributed by atoms with van der Waals surface area (Å²) in [5.74, 6) is -2.26. The van der Waals surface area contributed by atoms with Gasteiger partial charge in [-0.05, 0) is 19.1 Å². The highest BCUT2D eigenvalue weighted by Gasteiger charge is 2.51. The Kier molecular flexibility index (Phi) is 10.7. The summed E-state index contributed by atoms with van der Waals surface area (Å²) in [7, 11) is 0. The molecule has 0 aliphatic carbocycles. The fourth-order valence-corrected chi connectivity index (χ4v) is 5.94. The van der Waals surface area contributed by atoms with Crippen molar-refractivity contribution in [3.05, 3.63) is 36.4 Å². The quantitative estimate of drug-likeness (QED) is 0.0857. The summed E-state index contributed by atoms with van der Waals surface area (Å²) in [5, 5.41) is 125. The Morgan fingerprint density at radius 1 is 0.706 bits per heavy atom. The molecule has 19 nitrogen and oxygen atoms in total. The second-order valence-electron chi connectivity index (χ2n) is 12.5. The highest BCUT2D eigenvalue weighted by Crippen LogP contribution is 2.42. The van der Waals surface area contributed by atoms with Gasteiger partial charge in [-0.2, -0.15) is 0 Å². The number of ether oxygens (including phenoxy) is 6. The van der Waals surface area contributed by atoms with E-state index in [9.17, 15) is 61.3 Å². The van der Waals surface area contributed by atoms with Gasteiger partial charge in [0.1, 0.15) is 71.8 Å². The van der Waals surface area contributed by atoms with Crippen molar-refractivity contribution in [3.63, 3.8) is 0 Å². The molecule has 2 aromatic carbocycles. The summed E-state index contributed by atoms with van der Waals surface area (Å²) >= 11 is 0. The van der Waals surface area contributed by atoms with Crippen molar-refractivity contribution in [2.45, 2.75) is 92.9 Å². The third kappa shape index (κ3) is 7.35. The summed E-state index contributed by atoms with van der Waals surface area (Å²) in [6.45, 7) is 0.328. The number of phenols is 4. The van der Waals surface area contributed by atoms with Crippen LogP contribution in [-0.2, 0) is 23.7 Å². The predicted octanol–water partition coefficient (Wildman–Crippen LogP) is -2.30. The van der Waals surface area contributed by atoms with E-state index in [1.54, 1.807) is 0 Å². The van der Waals surface area contributed by atoms with Crippen LogP contribution in [0.4, 0.5) is 0 Å². The van der Waals surface area contributed by atoms with E-state index in [-0.39, 0.29) is 33.8 Å². The summed E-state index contributed by atoms with van der Waals surface area (Å²) < 4.78 is 40.2. The fourth-order valence-electron chi connectivity index (χ4n) is 5.94. The summed E-state index contributed by atoms with van der Waals surface area (Å²) in [5.41, 5.74) is 0.0422. The number of hydrogen-bond acceptors (Lipinski definition) is 18. The molecule has 51 heavy (non-hydrogen) atoms. The van der Waals surface area contributed by atoms with E-state index in [1.807, 2.05) is 0 Å².